The van der Waals surface area contributed by atoms with Gasteiger partial charge in [-0.3, -0.25) is 9.59 Å². The summed E-state index contributed by atoms with van der Waals surface area (Å²) in [6.45, 7) is 0.237. The Bertz CT molecular complexity index is 979. The molecule has 0 saturated heterocycles. The third-order valence-electron chi connectivity index (χ3n) is 4.41. The zero-order chi connectivity index (χ0) is 20.6. The maximum Gasteiger partial charge on any atom is 0.251 e. The molecule has 3 rings (SSSR count). The number of nitrogens with one attached hydrogen (secondary N) is 2. The van der Waals surface area contributed by atoms with E-state index in [0.29, 0.717) is 22.0 Å². The van der Waals surface area contributed by atoms with Crippen molar-refractivity contribution in [3.05, 3.63) is 106 Å². The topological polar surface area (TPSA) is 58.2 Å². The van der Waals surface area contributed by atoms with Gasteiger partial charge in [0.2, 0.25) is 5.91 Å². The van der Waals surface area contributed by atoms with Crippen molar-refractivity contribution in [2.75, 3.05) is 0 Å². The van der Waals surface area contributed by atoms with E-state index in [1.54, 1.807) is 42.5 Å². The number of benzene rings is 3. The molecule has 0 radical (unpaired) electrons. The van der Waals surface area contributed by atoms with Crippen molar-refractivity contribution in [2.45, 2.75) is 19.0 Å². The Labute approximate surface area is 179 Å². The summed E-state index contributed by atoms with van der Waals surface area (Å²) in [6.07, 6.45) is 0.375. The first kappa shape index (κ1) is 20.9. The second kappa shape index (κ2) is 10.1. The SMILES string of the molecule is O=C(N[C@H](Cc1ccccc1)C(=O)NCc1ccc(Cl)cc1Cl)c1ccccc1. The molecule has 148 valence electrons. The Hall–Kier alpha value is -2.82. The van der Waals surface area contributed by atoms with Crippen LogP contribution in [0.25, 0.3) is 0 Å². The monoisotopic (exact) mass is 426 g/mol. The van der Waals surface area contributed by atoms with Gasteiger partial charge in [-0.1, -0.05) is 77.8 Å². The summed E-state index contributed by atoms with van der Waals surface area (Å²) < 4.78 is 0. The highest BCUT2D eigenvalue weighted by atomic mass is 35.5. The summed E-state index contributed by atoms with van der Waals surface area (Å²) in [6, 6.07) is 22.7. The fourth-order valence-electron chi connectivity index (χ4n) is 2.86. The van der Waals surface area contributed by atoms with Gasteiger partial charge in [-0.15, -0.1) is 0 Å². The highest BCUT2D eigenvalue weighted by Crippen LogP contribution is 2.20. The molecule has 0 unspecified atom stereocenters. The van der Waals surface area contributed by atoms with Crippen molar-refractivity contribution < 1.29 is 9.59 Å². The highest BCUT2D eigenvalue weighted by molar-refractivity contribution is 6.35. The van der Waals surface area contributed by atoms with E-state index in [0.717, 1.165) is 11.1 Å². The molecule has 0 heterocycles. The Morgan fingerprint density at radius 1 is 0.862 bits per heavy atom. The lowest BCUT2D eigenvalue weighted by Gasteiger charge is -2.19. The lowest BCUT2D eigenvalue weighted by molar-refractivity contribution is -0.123. The van der Waals surface area contributed by atoms with Gasteiger partial charge in [0.25, 0.3) is 5.91 Å². The molecule has 2 amide bonds. The van der Waals surface area contributed by atoms with Crippen molar-refractivity contribution in [1.29, 1.82) is 0 Å². The van der Waals surface area contributed by atoms with Crippen molar-refractivity contribution in [3.63, 3.8) is 0 Å². The van der Waals surface area contributed by atoms with Crippen LogP contribution in [0.1, 0.15) is 21.5 Å². The highest BCUT2D eigenvalue weighted by Gasteiger charge is 2.22. The van der Waals surface area contributed by atoms with Crippen molar-refractivity contribution in [2.24, 2.45) is 0 Å². The average molecular weight is 427 g/mol. The van der Waals surface area contributed by atoms with Crippen molar-refractivity contribution >= 4 is 35.0 Å². The Morgan fingerprint density at radius 2 is 1.52 bits per heavy atom. The zero-order valence-corrected chi connectivity index (χ0v) is 17.1. The first-order valence-electron chi connectivity index (χ1n) is 9.14. The summed E-state index contributed by atoms with van der Waals surface area (Å²) in [5.74, 6) is -0.588. The molecule has 6 heteroatoms. The van der Waals surface area contributed by atoms with Crippen molar-refractivity contribution in [3.8, 4) is 0 Å². The molecule has 4 nitrogen and oxygen atoms in total. The van der Waals surface area contributed by atoms with Gasteiger partial charge in [0, 0.05) is 28.6 Å². The molecule has 3 aromatic carbocycles. The number of hydrogen-bond donors (Lipinski definition) is 2. The molecule has 1 atom stereocenters. The standard InChI is InChI=1S/C23H20Cl2N2O2/c24-19-12-11-18(20(25)14-19)15-26-23(29)21(13-16-7-3-1-4-8-16)27-22(28)17-9-5-2-6-10-17/h1-12,14,21H,13,15H2,(H,26,29)(H,27,28)/t21-/m1/s1. The molecule has 0 saturated carbocycles. The summed E-state index contributed by atoms with van der Waals surface area (Å²) in [5, 5.41) is 6.70. The van der Waals surface area contributed by atoms with Gasteiger partial charge >= 0.3 is 0 Å². The lowest BCUT2D eigenvalue weighted by atomic mass is 10.0. The van der Waals surface area contributed by atoms with E-state index in [2.05, 4.69) is 10.6 Å². The third kappa shape index (κ3) is 6.08. The largest absolute Gasteiger partial charge is 0.350 e. The van der Waals surface area contributed by atoms with Gasteiger partial charge in [-0.2, -0.15) is 0 Å². The van der Waals surface area contributed by atoms with Crippen LogP contribution in [0.4, 0.5) is 0 Å². The summed E-state index contributed by atoms with van der Waals surface area (Å²) in [4.78, 5) is 25.5. The average Bonchev–Trinajstić information content (AvgIpc) is 2.74. The van der Waals surface area contributed by atoms with Crippen LogP contribution in [0.5, 0.6) is 0 Å². The van der Waals surface area contributed by atoms with Crippen LogP contribution in [0, 0.1) is 0 Å². The molecule has 2 N–H and O–H groups in total. The van der Waals surface area contributed by atoms with Gasteiger partial charge in [0.1, 0.15) is 6.04 Å². The first-order valence-corrected chi connectivity index (χ1v) is 9.90. The second-order valence-electron chi connectivity index (χ2n) is 6.54. The molecule has 0 aliphatic heterocycles. The Balaban J connectivity index is 1.72. The van der Waals surface area contributed by atoms with E-state index in [1.165, 1.54) is 0 Å². The Kier molecular flexibility index (Phi) is 7.28. The van der Waals surface area contributed by atoms with Crippen LogP contribution < -0.4 is 10.6 Å². The van der Waals surface area contributed by atoms with Gasteiger partial charge in [-0.05, 0) is 35.4 Å². The van der Waals surface area contributed by atoms with Crippen molar-refractivity contribution in [1.82, 2.24) is 10.6 Å². The molecular weight excluding hydrogens is 407 g/mol. The first-order chi connectivity index (χ1) is 14.0. The summed E-state index contributed by atoms with van der Waals surface area (Å²) >= 11 is 12.1. The number of amides is 2. The van der Waals surface area contributed by atoms with Crippen LogP contribution in [0.2, 0.25) is 10.0 Å². The van der Waals surface area contributed by atoms with E-state index in [1.807, 2.05) is 36.4 Å². The molecule has 0 aliphatic rings. The van der Waals surface area contributed by atoms with Gasteiger partial charge < -0.3 is 10.6 Å². The lowest BCUT2D eigenvalue weighted by Crippen LogP contribution is -2.47. The summed E-state index contributed by atoms with van der Waals surface area (Å²) in [5.41, 5.74) is 2.20. The van der Waals surface area contributed by atoms with E-state index < -0.39 is 6.04 Å². The van der Waals surface area contributed by atoms with Gasteiger partial charge in [0.15, 0.2) is 0 Å². The van der Waals surface area contributed by atoms with E-state index in [4.69, 9.17) is 23.2 Å². The fraction of sp³-hybridized carbons (Fsp3) is 0.130. The molecular formula is C23H20Cl2N2O2. The number of halogens is 2. The number of carbonyl (C=O) groups is 2. The van der Waals surface area contributed by atoms with E-state index in [-0.39, 0.29) is 18.4 Å². The van der Waals surface area contributed by atoms with Crippen LogP contribution in [0.15, 0.2) is 78.9 Å². The minimum absolute atomic E-state index is 0.237. The molecule has 29 heavy (non-hydrogen) atoms. The maximum absolute atomic E-state index is 12.9. The predicted octanol–water partition coefficient (Wildman–Crippen LogP) is 4.65. The third-order valence-corrected chi connectivity index (χ3v) is 5.00. The molecule has 0 fully saturated rings. The van der Waals surface area contributed by atoms with Crippen LogP contribution in [-0.4, -0.2) is 17.9 Å². The van der Waals surface area contributed by atoms with Crippen LogP contribution in [0.3, 0.4) is 0 Å². The minimum atomic E-state index is -0.726. The maximum atomic E-state index is 12.9. The minimum Gasteiger partial charge on any atom is -0.350 e. The molecule has 0 bridgehead atoms. The van der Waals surface area contributed by atoms with E-state index >= 15 is 0 Å². The zero-order valence-electron chi connectivity index (χ0n) is 15.6. The number of rotatable bonds is 7. The summed E-state index contributed by atoms with van der Waals surface area (Å²) in [7, 11) is 0. The molecule has 0 aromatic heterocycles. The molecule has 3 aromatic rings. The quantitative estimate of drug-likeness (QED) is 0.577. The molecule has 0 aliphatic carbocycles. The van der Waals surface area contributed by atoms with Crippen LogP contribution in [-0.2, 0) is 17.8 Å². The molecule has 0 spiro atoms. The Morgan fingerprint density at radius 3 is 2.17 bits per heavy atom. The van der Waals surface area contributed by atoms with Crippen LogP contribution >= 0.6 is 23.2 Å². The number of carbonyl (C=O) groups excluding carboxylic acids is 2. The second-order valence-corrected chi connectivity index (χ2v) is 7.38. The van der Waals surface area contributed by atoms with E-state index in [9.17, 15) is 9.59 Å². The van der Waals surface area contributed by atoms with Gasteiger partial charge in [-0.25, -0.2) is 0 Å². The van der Waals surface area contributed by atoms with Gasteiger partial charge in [0.05, 0.1) is 0 Å². The number of hydrogen-bond acceptors (Lipinski definition) is 2. The fourth-order valence-corrected chi connectivity index (χ4v) is 3.34. The predicted molar refractivity (Wildman–Crippen MR) is 116 cm³/mol. The smallest absolute Gasteiger partial charge is 0.251 e. The normalized spacial score (nSPS) is 11.5.